The van der Waals surface area contributed by atoms with E-state index in [0.29, 0.717) is 23.0 Å². The van der Waals surface area contributed by atoms with E-state index in [0.717, 1.165) is 37.2 Å². The molecule has 4 rings (SSSR count). The Balaban J connectivity index is 1.79. The molecule has 0 N–H and O–H groups in total. The van der Waals surface area contributed by atoms with Crippen molar-refractivity contribution in [2.45, 2.75) is 19.8 Å². The molecule has 3 aromatic heterocycles. The van der Waals surface area contributed by atoms with Crippen molar-refractivity contribution >= 4 is 17.2 Å². The molecule has 0 radical (unpaired) electrons. The van der Waals surface area contributed by atoms with Gasteiger partial charge in [0, 0.05) is 36.8 Å². The van der Waals surface area contributed by atoms with Crippen LogP contribution in [0.2, 0.25) is 0 Å². The second-order valence-electron chi connectivity index (χ2n) is 5.82. The summed E-state index contributed by atoms with van der Waals surface area (Å²) in [6.45, 7) is 3.74. The minimum absolute atomic E-state index is 0.296. The predicted molar refractivity (Wildman–Crippen MR) is 92.5 cm³/mol. The second kappa shape index (κ2) is 6.24. The highest BCUT2D eigenvalue weighted by molar-refractivity contribution is 7.07. The molecule has 0 saturated carbocycles. The van der Waals surface area contributed by atoms with Gasteiger partial charge in [0.1, 0.15) is 17.3 Å². The molecule has 0 bridgehead atoms. The van der Waals surface area contributed by atoms with Crippen molar-refractivity contribution in [2.24, 2.45) is 0 Å². The van der Waals surface area contributed by atoms with Crippen LogP contribution < -0.4 is 4.90 Å². The van der Waals surface area contributed by atoms with Crippen LogP contribution >= 0.6 is 11.3 Å². The van der Waals surface area contributed by atoms with Gasteiger partial charge in [0.05, 0.1) is 16.9 Å². The van der Waals surface area contributed by atoms with Crippen LogP contribution in [0.1, 0.15) is 18.4 Å². The molecular formula is C17H16FN5S. The topological polar surface area (TPSA) is 54.8 Å². The molecule has 0 aromatic carbocycles. The molecule has 1 aliphatic rings. The van der Waals surface area contributed by atoms with E-state index in [1.165, 1.54) is 23.5 Å². The third kappa shape index (κ3) is 2.87. The number of thiazole rings is 1. The lowest BCUT2D eigenvalue weighted by Crippen LogP contribution is -2.19. The lowest BCUT2D eigenvalue weighted by Gasteiger charge is -2.17. The fraction of sp³-hybridized carbons (Fsp3) is 0.294. The fourth-order valence-electron chi connectivity index (χ4n) is 2.86. The lowest BCUT2D eigenvalue weighted by atomic mass is 10.1. The number of rotatable bonds is 3. The molecule has 3 aromatic rings. The highest BCUT2D eigenvalue weighted by Crippen LogP contribution is 2.27. The third-order valence-electron chi connectivity index (χ3n) is 4.08. The fourth-order valence-corrected chi connectivity index (χ4v) is 3.39. The lowest BCUT2D eigenvalue weighted by molar-refractivity contribution is 0.625. The van der Waals surface area contributed by atoms with Crippen LogP contribution in [0.3, 0.4) is 0 Å². The largest absolute Gasteiger partial charge is 0.357 e. The molecule has 0 atom stereocenters. The quantitative estimate of drug-likeness (QED) is 0.727. The Labute approximate surface area is 143 Å². The van der Waals surface area contributed by atoms with E-state index in [2.05, 4.69) is 24.8 Å². The molecule has 0 aliphatic carbocycles. The van der Waals surface area contributed by atoms with Gasteiger partial charge >= 0.3 is 0 Å². The summed E-state index contributed by atoms with van der Waals surface area (Å²) in [5.41, 5.74) is 4.50. The summed E-state index contributed by atoms with van der Waals surface area (Å²) in [7, 11) is 0. The van der Waals surface area contributed by atoms with Gasteiger partial charge in [-0.05, 0) is 25.3 Å². The number of nitrogens with zero attached hydrogens (tertiary/aromatic N) is 5. The second-order valence-corrected chi connectivity index (χ2v) is 6.54. The van der Waals surface area contributed by atoms with Crippen molar-refractivity contribution in [1.29, 1.82) is 0 Å². The average molecular weight is 341 g/mol. The van der Waals surface area contributed by atoms with Gasteiger partial charge in [0.15, 0.2) is 5.82 Å². The van der Waals surface area contributed by atoms with Gasteiger partial charge in [-0.2, -0.15) is 0 Å². The van der Waals surface area contributed by atoms with Crippen molar-refractivity contribution in [2.75, 3.05) is 18.0 Å². The molecule has 5 nitrogen and oxygen atoms in total. The zero-order valence-corrected chi connectivity index (χ0v) is 14.1. The molecule has 0 spiro atoms. The predicted octanol–water partition coefficient (Wildman–Crippen LogP) is 3.71. The van der Waals surface area contributed by atoms with Crippen molar-refractivity contribution in [3.05, 3.63) is 40.6 Å². The van der Waals surface area contributed by atoms with Crippen molar-refractivity contribution < 1.29 is 4.39 Å². The van der Waals surface area contributed by atoms with Crippen LogP contribution in [-0.2, 0) is 0 Å². The number of pyridine rings is 1. The van der Waals surface area contributed by atoms with Gasteiger partial charge in [0.2, 0.25) is 0 Å². The molecule has 4 heterocycles. The van der Waals surface area contributed by atoms with Crippen LogP contribution in [0.25, 0.3) is 22.9 Å². The highest BCUT2D eigenvalue weighted by Gasteiger charge is 2.17. The van der Waals surface area contributed by atoms with E-state index in [1.807, 2.05) is 12.3 Å². The summed E-state index contributed by atoms with van der Waals surface area (Å²) < 4.78 is 14.2. The Morgan fingerprint density at radius 2 is 1.92 bits per heavy atom. The summed E-state index contributed by atoms with van der Waals surface area (Å²) in [6.07, 6.45) is 3.97. The molecule has 7 heteroatoms. The maximum Gasteiger partial charge on any atom is 0.179 e. The molecular weight excluding hydrogens is 325 g/mol. The summed E-state index contributed by atoms with van der Waals surface area (Å²) in [4.78, 5) is 19.9. The van der Waals surface area contributed by atoms with Crippen LogP contribution in [0.4, 0.5) is 10.2 Å². The van der Waals surface area contributed by atoms with E-state index in [-0.39, 0.29) is 5.82 Å². The van der Waals surface area contributed by atoms with Gasteiger partial charge in [-0.25, -0.2) is 24.3 Å². The maximum atomic E-state index is 14.2. The number of hydrogen-bond donors (Lipinski definition) is 0. The zero-order chi connectivity index (χ0) is 16.5. The standard InChI is InChI=1S/C17H16FN5S/c1-11-8-19-17(14-9-24-10-20-14)22-16(11)13-6-12(18)7-15(21-13)23-4-2-3-5-23/h6-10H,2-5H2,1H3. The third-order valence-corrected chi connectivity index (χ3v) is 4.67. The number of anilines is 1. The molecule has 24 heavy (non-hydrogen) atoms. The van der Waals surface area contributed by atoms with Gasteiger partial charge in [-0.1, -0.05) is 0 Å². The van der Waals surface area contributed by atoms with Crippen LogP contribution in [0.15, 0.2) is 29.2 Å². The Bertz CT molecular complexity index is 859. The Hall–Kier alpha value is -2.41. The summed E-state index contributed by atoms with van der Waals surface area (Å²) in [6, 6.07) is 2.92. The first-order valence-corrected chi connectivity index (χ1v) is 8.80. The highest BCUT2D eigenvalue weighted by atomic mass is 32.1. The summed E-state index contributed by atoms with van der Waals surface area (Å²) >= 11 is 1.49. The minimum Gasteiger partial charge on any atom is -0.357 e. The molecule has 1 saturated heterocycles. The zero-order valence-electron chi connectivity index (χ0n) is 13.2. The SMILES string of the molecule is Cc1cnc(-c2cscn2)nc1-c1cc(F)cc(N2CCCC2)n1. The van der Waals surface area contributed by atoms with Crippen LogP contribution in [-0.4, -0.2) is 33.0 Å². The first kappa shape index (κ1) is 15.1. The van der Waals surface area contributed by atoms with Gasteiger partial charge in [-0.15, -0.1) is 11.3 Å². The number of hydrogen-bond acceptors (Lipinski definition) is 6. The normalized spacial score (nSPS) is 14.3. The van der Waals surface area contributed by atoms with E-state index < -0.39 is 0 Å². The van der Waals surface area contributed by atoms with E-state index in [9.17, 15) is 4.39 Å². The monoisotopic (exact) mass is 341 g/mol. The van der Waals surface area contributed by atoms with Gasteiger partial charge in [-0.3, -0.25) is 0 Å². The number of aromatic nitrogens is 4. The summed E-state index contributed by atoms with van der Waals surface area (Å²) in [5, 5.41) is 1.89. The Morgan fingerprint density at radius 3 is 2.67 bits per heavy atom. The van der Waals surface area contributed by atoms with Crippen LogP contribution in [0.5, 0.6) is 0 Å². The Kier molecular flexibility index (Phi) is 3.93. The van der Waals surface area contributed by atoms with E-state index in [1.54, 1.807) is 11.7 Å². The first-order valence-electron chi connectivity index (χ1n) is 7.86. The maximum absolute atomic E-state index is 14.2. The minimum atomic E-state index is -0.296. The Morgan fingerprint density at radius 1 is 1.08 bits per heavy atom. The molecule has 122 valence electrons. The number of aryl methyl sites for hydroxylation is 1. The van der Waals surface area contributed by atoms with Crippen molar-refractivity contribution in [1.82, 2.24) is 19.9 Å². The summed E-state index contributed by atoms with van der Waals surface area (Å²) in [5.74, 6) is 0.913. The molecule has 0 unspecified atom stereocenters. The van der Waals surface area contributed by atoms with Crippen molar-refractivity contribution in [3.63, 3.8) is 0 Å². The average Bonchev–Trinajstić information content (AvgIpc) is 3.28. The van der Waals surface area contributed by atoms with Crippen molar-refractivity contribution in [3.8, 4) is 22.9 Å². The molecule has 0 amide bonds. The smallest absolute Gasteiger partial charge is 0.179 e. The van der Waals surface area contributed by atoms with Gasteiger partial charge < -0.3 is 4.90 Å². The van der Waals surface area contributed by atoms with Gasteiger partial charge in [0.25, 0.3) is 0 Å². The van der Waals surface area contributed by atoms with Crippen LogP contribution in [0, 0.1) is 12.7 Å². The number of halogens is 1. The van der Waals surface area contributed by atoms with E-state index >= 15 is 0 Å². The molecule has 1 fully saturated rings. The molecule has 1 aliphatic heterocycles. The van der Waals surface area contributed by atoms with E-state index in [4.69, 9.17) is 0 Å². The first-order chi connectivity index (χ1) is 11.7.